The summed E-state index contributed by atoms with van der Waals surface area (Å²) in [5.41, 5.74) is 7.53. The summed E-state index contributed by atoms with van der Waals surface area (Å²) in [4.78, 5) is 5.06. The second-order valence-corrected chi connectivity index (χ2v) is 9.39. The van der Waals surface area contributed by atoms with E-state index in [4.69, 9.17) is 4.98 Å². The molecule has 0 aliphatic carbocycles. The fraction of sp³-hybridized carbons (Fsp3) is 0.121. The van der Waals surface area contributed by atoms with Crippen molar-refractivity contribution in [2.24, 2.45) is 0 Å². The molecule has 0 unspecified atom stereocenters. The molecule has 5 aromatic carbocycles. The van der Waals surface area contributed by atoms with Crippen molar-refractivity contribution in [2.45, 2.75) is 26.7 Å². The molecular formula is C33H26N2. The van der Waals surface area contributed by atoms with Gasteiger partial charge >= 0.3 is 0 Å². The van der Waals surface area contributed by atoms with Gasteiger partial charge in [-0.1, -0.05) is 92.7 Å². The van der Waals surface area contributed by atoms with Crippen molar-refractivity contribution in [1.82, 2.24) is 9.38 Å². The van der Waals surface area contributed by atoms with E-state index in [1.165, 1.54) is 65.6 Å². The first-order valence-electron chi connectivity index (χ1n) is 12.5. The van der Waals surface area contributed by atoms with E-state index in [-0.39, 0.29) is 0 Å². The Morgan fingerprint density at radius 3 is 2.03 bits per heavy atom. The second-order valence-electron chi connectivity index (χ2n) is 9.39. The van der Waals surface area contributed by atoms with Gasteiger partial charge in [0, 0.05) is 21.7 Å². The summed E-state index contributed by atoms with van der Waals surface area (Å²) in [7, 11) is 0. The third-order valence-corrected chi connectivity index (χ3v) is 7.56. The van der Waals surface area contributed by atoms with Gasteiger partial charge < -0.3 is 0 Å². The lowest BCUT2D eigenvalue weighted by Gasteiger charge is -2.17. The minimum absolute atomic E-state index is 0.993. The van der Waals surface area contributed by atoms with Crippen LogP contribution in [0.5, 0.6) is 0 Å². The minimum atomic E-state index is 0.993. The van der Waals surface area contributed by atoms with Crippen molar-refractivity contribution < 1.29 is 0 Å². The Bertz CT molecular complexity index is 1900. The lowest BCUT2D eigenvalue weighted by molar-refractivity contribution is 1.08. The second kappa shape index (κ2) is 7.68. The molecule has 2 aromatic heterocycles. The minimum Gasteiger partial charge on any atom is -0.291 e. The molecular weight excluding hydrogens is 424 g/mol. The first-order chi connectivity index (χ1) is 17.3. The molecule has 0 N–H and O–H groups in total. The van der Waals surface area contributed by atoms with Crippen LogP contribution in [0.1, 0.15) is 25.0 Å². The molecule has 7 rings (SSSR count). The molecule has 0 fully saturated rings. The van der Waals surface area contributed by atoms with Crippen LogP contribution in [-0.2, 0) is 12.8 Å². The van der Waals surface area contributed by atoms with Crippen molar-refractivity contribution in [3.05, 3.63) is 108 Å². The molecule has 0 atom stereocenters. The van der Waals surface area contributed by atoms with E-state index >= 15 is 0 Å². The van der Waals surface area contributed by atoms with Crippen LogP contribution in [0, 0.1) is 0 Å². The highest BCUT2D eigenvalue weighted by Crippen LogP contribution is 2.39. The van der Waals surface area contributed by atoms with Gasteiger partial charge in [-0.2, -0.15) is 0 Å². The normalized spacial score (nSPS) is 11.9. The molecule has 0 bridgehead atoms. The molecule has 2 heterocycles. The molecule has 7 aromatic rings. The van der Waals surface area contributed by atoms with Gasteiger partial charge in [-0.05, 0) is 57.6 Å². The van der Waals surface area contributed by atoms with E-state index < -0.39 is 0 Å². The van der Waals surface area contributed by atoms with E-state index in [0.717, 1.165) is 18.5 Å². The predicted molar refractivity (Wildman–Crippen MR) is 149 cm³/mol. The van der Waals surface area contributed by atoms with Gasteiger partial charge in [-0.15, -0.1) is 0 Å². The number of nitrogens with zero attached hydrogens (tertiary/aromatic N) is 2. The number of hydrogen-bond acceptors (Lipinski definition) is 1. The highest BCUT2D eigenvalue weighted by molar-refractivity contribution is 6.21. The van der Waals surface area contributed by atoms with Gasteiger partial charge in [0.1, 0.15) is 5.65 Å². The third-order valence-electron chi connectivity index (χ3n) is 7.56. The summed E-state index contributed by atoms with van der Waals surface area (Å²) in [5, 5.41) is 8.77. The quantitative estimate of drug-likeness (QED) is 0.194. The van der Waals surface area contributed by atoms with E-state index in [0.29, 0.717) is 0 Å². The number of fused-ring (bicyclic) bond motifs is 9. The molecule has 0 saturated carbocycles. The molecule has 2 heteroatoms. The smallest absolute Gasteiger partial charge is 0.145 e. The molecule has 0 amide bonds. The summed E-state index contributed by atoms with van der Waals surface area (Å²) >= 11 is 0. The van der Waals surface area contributed by atoms with Crippen LogP contribution in [0.2, 0.25) is 0 Å². The molecule has 0 saturated heterocycles. The number of rotatable bonds is 3. The van der Waals surface area contributed by atoms with Crippen LogP contribution in [0.25, 0.3) is 60.1 Å². The van der Waals surface area contributed by atoms with Crippen LogP contribution in [0.15, 0.2) is 97.2 Å². The zero-order valence-corrected chi connectivity index (χ0v) is 20.0. The zero-order chi connectivity index (χ0) is 23.5. The first-order valence-corrected chi connectivity index (χ1v) is 12.5. The fourth-order valence-electron chi connectivity index (χ4n) is 5.89. The van der Waals surface area contributed by atoms with Gasteiger partial charge in [0.2, 0.25) is 0 Å². The molecule has 35 heavy (non-hydrogen) atoms. The number of pyridine rings is 1. The lowest BCUT2D eigenvalue weighted by atomic mass is 9.94. The lowest BCUT2D eigenvalue weighted by Crippen LogP contribution is -2.00. The van der Waals surface area contributed by atoms with Gasteiger partial charge in [0.15, 0.2) is 0 Å². The third kappa shape index (κ3) is 2.86. The molecule has 2 nitrogen and oxygen atoms in total. The number of aromatic nitrogens is 2. The Labute approximate surface area is 204 Å². The standard InChI is InChI=1S/C33H26N2/c1-3-21-12-9-13-22(4-2)31(21)30-20-34-33-28-15-8-7-14-26(28)27-17-16-25-18-23-10-5-6-11-24(23)19-29(25)32(27)35(30)33/h5-20H,3-4H2,1-2H3. The summed E-state index contributed by atoms with van der Waals surface area (Å²) in [5.74, 6) is 0. The topological polar surface area (TPSA) is 17.3 Å². The molecule has 0 aliphatic rings. The summed E-state index contributed by atoms with van der Waals surface area (Å²) in [6, 6.07) is 33.3. The Morgan fingerprint density at radius 2 is 1.29 bits per heavy atom. The van der Waals surface area contributed by atoms with Crippen molar-refractivity contribution >= 4 is 48.9 Å². The zero-order valence-electron chi connectivity index (χ0n) is 20.0. The summed E-state index contributed by atoms with van der Waals surface area (Å²) < 4.78 is 2.43. The Balaban J connectivity index is 1.76. The van der Waals surface area contributed by atoms with Crippen LogP contribution in [-0.4, -0.2) is 9.38 Å². The van der Waals surface area contributed by atoms with Gasteiger partial charge in [0.25, 0.3) is 0 Å². The van der Waals surface area contributed by atoms with Crippen LogP contribution in [0.4, 0.5) is 0 Å². The SMILES string of the molecule is CCc1cccc(CC)c1-c1cnc2c3ccccc3c3ccc4cc5ccccc5cc4c3n12. The summed E-state index contributed by atoms with van der Waals surface area (Å²) in [6.07, 6.45) is 4.08. The van der Waals surface area contributed by atoms with Crippen molar-refractivity contribution in [1.29, 1.82) is 0 Å². The number of hydrogen-bond donors (Lipinski definition) is 0. The first kappa shape index (κ1) is 20.2. The number of aryl methyl sites for hydroxylation is 2. The largest absolute Gasteiger partial charge is 0.291 e. The van der Waals surface area contributed by atoms with Gasteiger partial charge in [-0.25, -0.2) is 4.98 Å². The maximum Gasteiger partial charge on any atom is 0.145 e. The van der Waals surface area contributed by atoms with E-state index in [2.05, 4.69) is 115 Å². The highest BCUT2D eigenvalue weighted by Gasteiger charge is 2.19. The van der Waals surface area contributed by atoms with Gasteiger partial charge in [0.05, 0.1) is 17.4 Å². The Kier molecular flexibility index (Phi) is 4.44. The van der Waals surface area contributed by atoms with E-state index in [1.54, 1.807) is 0 Å². The molecule has 0 radical (unpaired) electrons. The molecule has 168 valence electrons. The number of benzene rings is 5. The monoisotopic (exact) mass is 450 g/mol. The van der Waals surface area contributed by atoms with Crippen molar-refractivity contribution in [3.8, 4) is 11.3 Å². The average molecular weight is 451 g/mol. The van der Waals surface area contributed by atoms with Crippen molar-refractivity contribution in [3.63, 3.8) is 0 Å². The maximum atomic E-state index is 5.06. The van der Waals surface area contributed by atoms with E-state index in [9.17, 15) is 0 Å². The Hall–Kier alpha value is -4.17. The summed E-state index contributed by atoms with van der Waals surface area (Å²) in [6.45, 7) is 4.49. The fourth-order valence-corrected chi connectivity index (χ4v) is 5.89. The van der Waals surface area contributed by atoms with Crippen LogP contribution < -0.4 is 0 Å². The molecule has 0 aliphatic heterocycles. The Morgan fingerprint density at radius 1 is 0.600 bits per heavy atom. The predicted octanol–water partition coefficient (Wildman–Crippen LogP) is 8.74. The van der Waals surface area contributed by atoms with Crippen LogP contribution in [0.3, 0.4) is 0 Å². The van der Waals surface area contributed by atoms with Crippen LogP contribution >= 0.6 is 0 Å². The maximum absolute atomic E-state index is 5.06. The van der Waals surface area contributed by atoms with Crippen molar-refractivity contribution in [2.75, 3.05) is 0 Å². The number of imidazole rings is 1. The highest BCUT2D eigenvalue weighted by atomic mass is 15.0. The average Bonchev–Trinajstić information content (AvgIpc) is 3.36. The molecule has 0 spiro atoms. The van der Waals surface area contributed by atoms with Gasteiger partial charge in [-0.3, -0.25) is 4.40 Å². The van der Waals surface area contributed by atoms with E-state index in [1.807, 2.05) is 0 Å².